The van der Waals surface area contributed by atoms with E-state index in [1.54, 1.807) is 6.20 Å². The van der Waals surface area contributed by atoms with Crippen LogP contribution in [0.25, 0.3) is 0 Å². The molecule has 1 aliphatic rings. The van der Waals surface area contributed by atoms with E-state index in [-0.39, 0.29) is 5.97 Å². The van der Waals surface area contributed by atoms with E-state index in [0.717, 1.165) is 5.56 Å². The molecule has 1 aliphatic carbocycles. The van der Waals surface area contributed by atoms with E-state index in [9.17, 15) is 4.79 Å². The molecule has 0 atom stereocenters. The first-order chi connectivity index (χ1) is 8.31. The van der Waals surface area contributed by atoms with Crippen molar-refractivity contribution in [2.45, 2.75) is 44.4 Å². The maximum atomic E-state index is 11.4. The SMILES string of the molecule is COC(=O)Cc1ccncc1C1CCCCC1. The van der Waals surface area contributed by atoms with Crippen LogP contribution in [-0.4, -0.2) is 18.1 Å². The smallest absolute Gasteiger partial charge is 0.309 e. The summed E-state index contributed by atoms with van der Waals surface area (Å²) in [5, 5.41) is 0. The van der Waals surface area contributed by atoms with Crippen molar-refractivity contribution >= 4 is 5.97 Å². The number of nitrogens with zero attached hydrogens (tertiary/aromatic N) is 1. The molecular formula is C14H19NO2. The predicted molar refractivity (Wildman–Crippen MR) is 65.8 cm³/mol. The molecule has 0 saturated heterocycles. The molecule has 2 rings (SSSR count). The van der Waals surface area contributed by atoms with Crippen LogP contribution in [0.15, 0.2) is 18.5 Å². The van der Waals surface area contributed by atoms with E-state index in [0.29, 0.717) is 12.3 Å². The molecule has 0 spiro atoms. The maximum absolute atomic E-state index is 11.4. The van der Waals surface area contributed by atoms with Gasteiger partial charge in [0.15, 0.2) is 0 Å². The first-order valence-corrected chi connectivity index (χ1v) is 6.31. The molecule has 1 aromatic rings. The summed E-state index contributed by atoms with van der Waals surface area (Å²) in [4.78, 5) is 15.6. The van der Waals surface area contributed by atoms with Crippen LogP contribution in [0.4, 0.5) is 0 Å². The summed E-state index contributed by atoms with van der Waals surface area (Å²) in [6.07, 6.45) is 10.4. The minimum absolute atomic E-state index is 0.173. The Hall–Kier alpha value is -1.38. The van der Waals surface area contributed by atoms with Crippen LogP contribution in [0, 0.1) is 0 Å². The lowest BCUT2D eigenvalue weighted by molar-refractivity contribution is -0.139. The Bertz CT molecular complexity index is 384. The number of hydrogen-bond acceptors (Lipinski definition) is 3. The number of methoxy groups -OCH3 is 1. The number of carbonyl (C=O) groups excluding carboxylic acids is 1. The number of carbonyl (C=O) groups is 1. The van der Waals surface area contributed by atoms with E-state index in [1.807, 2.05) is 12.3 Å². The highest BCUT2D eigenvalue weighted by molar-refractivity contribution is 5.72. The van der Waals surface area contributed by atoms with Crippen molar-refractivity contribution < 1.29 is 9.53 Å². The molecule has 0 aliphatic heterocycles. The van der Waals surface area contributed by atoms with Gasteiger partial charge in [0.25, 0.3) is 0 Å². The molecule has 0 N–H and O–H groups in total. The highest BCUT2D eigenvalue weighted by Crippen LogP contribution is 2.34. The number of pyridine rings is 1. The molecule has 0 unspecified atom stereocenters. The Balaban J connectivity index is 2.17. The van der Waals surface area contributed by atoms with Crippen LogP contribution in [0.2, 0.25) is 0 Å². The summed E-state index contributed by atoms with van der Waals surface area (Å²) in [7, 11) is 1.43. The van der Waals surface area contributed by atoms with Crippen molar-refractivity contribution in [3.8, 4) is 0 Å². The Morgan fingerprint density at radius 3 is 2.88 bits per heavy atom. The van der Waals surface area contributed by atoms with E-state index in [1.165, 1.54) is 44.8 Å². The normalized spacial score (nSPS) is 16.8. The number of esters is 1. The van der Waals surface area contributed by atoms with Crippen molar-refractivity contribution in [3.05, 3.63) is 29.6 Å². The first-order valence-electron chi connectivity index (χ1n) is 6.31. The Morgan fingerprint density at radius 2 is 2.18 bits per heavy atom. The molecule has 1 fully saturated rings. The lowest BCUT2D eigenvalue weighted by atomic mass is 9.82. The van der Waals surface area contributed by atoms with Gasteiger partial charge in [-0.05, 0) is 36.0 Å². The maximum Gasteiger partial charge on any atom is 0.309 e. The average Bonchev–Trinajstić information content (AvgIpc) is 2.40. The van der Waals surface area contributed by atoms with Crippen LogP contribution in [-0.2, 0) is 16.0 Å². The third-order valence-corrected chi connectivity index (χ3v) is 3.55. The molecule has 1 aromatic heterocycles. The van der Waals surface area contributed by atoms with Crippen molar-refractivity contribution in [2.24, 2.45) is 0 Å². The molecule has 1 heterocycles. The van der Waals surface area contributed by atoms with Gasteiger partial charge < -0.3 is 4.74 Å². The van der Waals surface area contributed by atoms with Gasteiger partial charge in [-0.25, -0.2) is 0 Å². The molecule has 0 radical (unpaired) electrons. The first kappa shape index (κ1) is 12.1. The fourth-order valence-corrected chi connectivity index (χ4v) is 2.61. The van der Waals surface area contributed by atoms with Gasteiger partial charge in [-0.15, -0.1) is 0 Å². The average molecular weight is 233 g/mol. The molecule has 92 valence electrons. The number of hydrogen-bond donors (Lipinski definition) is 0. The van der Waals surface area contributed by atoms with Crippen LogP contribution in [0.5, 0.6) is 0 Å². The second kappa shape index (κ2) is 5.80. The third-order valence-electron chi connectivity index (χ3n) is 3.55. The standard InChI is InChI=1S/C14H19NO2/c1-17-14(16)9-12-7-8-15-10-13(12)11-5-3-2-4-6-11/h7-8,10-11H,2-6,9H2,1H3. The van der Waals surface area contributed by atoms with Crippen LogP contribution < -0.4 is 0 Å². The second-order valence-corrected chi connectivity index (χ2v) is 4.66. The summed E-state index contributed by atoms with van der Waals surface area (Å²) in [5.74, 6) is 0.408. The second-order valence-electron chi connectivity index (χ2n) is 4.66. The van der Waals surface area contributed by atoms with Gasteiger partial charge in [-0.2, -0.15) is 0 Å². The lowest BCUT2D eigenvalue weighted by Gasteiger charge is -2.23. The zero-order valence-corrected chi connectivity index (χ0v) is 10.3. The number of rotatable bonds is 3. The Kier molecular flexibility index (Phi) is 4.13. The Labute approximate surface area is 102 Å². The molecule has 0 amide bonds. The minimum Gasteiger partial charge on any atom is -0.469 e. The zero-order valence-electron chi connectivity index (χ0n) is 10.3. The molecule has 3 nitrogen and oxygen atoms in total. The van der Waals surface area contributed by atoms with Crippen LogP contribution in [0.3, 0.4) is 0 Å². The van der Waals surface area contributed by atoms with Crippen molar-refractivity contribution in [1.82, 2.24) is 4.98 Å². The fraction of sp³-hybridized carbons (Fsp3) is 0.571. The molecule has 0 aromatic carbocycles. The van der Waals surface area contributed by atoms with E-state index in [2.05, 4.69) is 4.98 Å². The quantitative estimate of drug-likeness (QED) is 0.754. The molecule has 1 saturated carbocycles. The molecule has 17 heavy (non-hydrogen) atoms. The highest BCUT2D eigenvalue weighted by atomic mass is 16.5. The summed E-state index contributed by atoms with van der Waals surface area (Å²) < 4.78 is 4.74. The van der Waals surface area contributed by atoms with Crippen molar-refractivity contribution in [1.29, 1.82) is 0 Å². The fourth-order valence-electron chi connectivity index (χ4n) is 2.61. The predicted octanol–water partition coefficient (Wildman–Crippen LogP) is 2.84. The molecule has 0 bridgehead atoms. The van der Waals surface area contributed by atoms with Crippen molar-refractivity contribution in [2.75, 3.05) is 7.11 Å². The summed E-state index contributed by atoms with van der Waals surface area (Å²) >= 11 is 0. The van der Waals surface area contributed by atoms with Crippen LogP contribution >= 0.6 is 0 Å². The van der Waals surface area contributed by atoms with Gasteiger partial charge >= 0.3 is 5.97 Å². The lowest BCUT2D eigenvalue weighted by Crippen LogP contribution is -2.11. The van der Waals surface area contributed by atoms with Gasteiger partial charge in [0.05, 0.1) is 13.5 Å². The van der Waals surface area contributed by atoms with Crippen LogP contribution in [0.1, 0.15) is 49.1 Å². The van der Waals surface area contributed by atoms with E-state index in [4.69, 9.17) is 4.74 Å². The molecule has 3 heteroatoms. The van der Waals surface area contributed by atoms with Crippen molar-refractivity contribution in [3.63, 3.8) is 0 Å². The van der Waals surface area contributed by atoms with Gasteiger partial charge in [0.2, 0.25) is 0 Å². The summed E-state index contributed by atoms with van der Waals surface area (Å²) in [6, 6.07) is 1.95. The van der Waals surface area contributed by atoms with Gasteiger partial charge in [-0.3, -0.25) is 9.78 Å². The van der Waals surface area contributed by atoms with E-state index >= 15 is 0 Å². The third kappa shape index (κ3) is 3.05. The number of aromatic nitrogens is 1. The van der Waals surface area contributed by atoms with Gasteiger partial charge in [-0.1, -0.05) is 19.3 Å². The monoisotopic (exact) mass is 233 g/mol. The zero-order chi connectivity index (χ0) is 12.1. The number of ether oxygens (including phenoxy) is 1. The Morgan fingerprint density at radius 1 is 1.41 bits per heavy atom. The summed E-state index contributed by atoms with van der Waals surface area (Å²) in [5.41, 5.74) is 2.33. The van der Waals surface area contributed by atoms with Gasteiger partial charge in [0, 0.05) is 12.4 Å². The summed E-state index contributed by atoms with van der Waals surface area (Å²) in [6.45, 7) is 0. The highest BCUT2D eigenvalue weighted by Gasteiger charge is 2.19. The van der Waals surface area contributed by atoms with E-state index < -0.39 is 0 Å². The molecular weight excluding hydrogens is 214 g/mol. The topological polar surface area (TPSA) is 39.2 Å². The van der Waals surface area contributed by atoms with Gasteiger partial charge in [0.1, 0.15) is 0 Å². The minimum atomic E-state index is -0.173. The largest absolute Gasteiger partial charge is 0.469 e.